The van der Waals surface area contributed by atoms with Crippen LogP contribution in [-0.4, -0.2) is 17.0 Å². The predicted octanol–water partition coefficient (Wildman–Crippen LogP) is 1.23. The van der Waals surface area contributed by atoms with Gasteiger partial charge in [0.05, 0.1) is 0 Å². The van der Waals surface area contributed by atoms with Crippen molar-refractivity contribution >= 4 is 11.9 Å². The second-order valence-electron chi connectivity index (χ2n) is 2.41. The summed E-state index contributed by atoms with van der Waals surface area (Å²) in [5, 5.41) is 8.23. The third kappa shape index (κ3) is 3.53. The second kappa shape index (κ2) is 4.81. The van der Waals surface area contributed by atoms with E-state index in [-0.39, 0.29) is 0 Å². The van der Waals surface area contributed by atoms with E-state index in [9.17, 15) is 9.59 Å². The average molecular weight is 192 g/mol. The quantitative estimate of drug-likeness (QED) is 0.444. The number of rotatable bonds is 3. The predicted molar refractivity (Wildman–Crippen MR) is 48.9 cm³/mol. The summed E-state index contributed by atoms with van der Waals surface area (Å²) in [5.74, 6) is -1.51. The van der Waals surface area contributed by atoms with Crippen LogP contribution in [0.3, 0.4) is 0 Å². The van der Waals surface area contributed by atoms with Crippen LogP contribution >= 0.6 is 0 Å². The number of carboxylic acid groups (broad SMARTS) is 1. The van der Waals surface area contributed by atoms with Crippen molar-refractivity contribution in [3.63, 3.8) is 0 Å². The second-order valence-corrected chi connectivity index (χ2v) is 2.41. The molecular weight excluding hydrogens is 184 g/mol. The minimum absolute atomic E-state index is 0.382. The molecule has 0 heterocycles. The van der Waals surface area contributed by atoms with Gasteiger partial charge in [0.1, 0.15) is 5.75 Å². The molecule has 0 saturated carbocycles. The van der Waals surface area contributed by atoms with Crippen molar-refractivity contribution in [1.29, 1.82) is 0 Å². The molecule has 1 rings (SSSR count). The summed E-state index contributed by atoms with van der Waals surface area (Å²) in [5.41, 5.74) is 0. The lowest BCUT2D eigenvalue weighted by Crippen LogP contribution is -2.04. The summed E-state index contributed by atoms with van der Waals surface area (Å²) in [4.78, 5) is 21.0. The van der Waals surface area contributed by atoms with Gasteiger partial charge in [-0.3, -0.25) is 0 Å². The monoisotopic (exact) mass is 192 g/mol. The molecule has 0 amide bonds. The van der Waals surface area contributed by atoms with Crippen molar-refractivity contribution in [2.24, 2.45) is 0 Å². The van der Waals surface area contributed by atoms with Crippen LogP contribution in [0.2, 0.25) is 0 Å². The maximum atomic E-state index is 10.9. The fourth-order valence-corrected chi connectivity index (χ4v) is 0.778. The van der Waals surface area contributed by atoms with E-state index in [0.717, 1.165) is 12.2 Å². The lowest BCUT2D eigenvalue weighted by Gasteiger charge is -1.98. The van der Waals surface area contributed by atoms with Crippen LogP contribution in [-0.2, 0) is 9.59 Å². The number of aliphatic carboxylic acids is 1. The first kappa shape index (κ1) is 9.98. The van der Waals surface area contributed by atoms with Crippen LogP contribution in [0.25, 0.3) is 0 Å². The van der Waals surface area contributed by atoms with Crippen molar-refractivity contribution in [2.45, 2.75) is 0 Å². The van der Waals surface area contributed by atoms with Crippen LogP contribution in [0.15, 0.2) is 42.5 Å². The largest absolute Gasteiger partial charge is 0.478 e. The van der Waals surface area contributed by atoms with Crippen LogP contribution in [0.5, 0.6) is 5.75 Å². The Morgan fingerprint density at radius 2 is 1.79 bits per heavy atom. The molecule has 1 aromatic carbocycles. The summed E-state index contributed by atoms with van der Waals surface area (Å²) in [7, 11) is 0. The molecule has 0 unspecified atom stereocenters. The average Bonchev–Trinajstić information content (AvgIpc) is 2.16. The van der Waals surface area contributed by atoms with Crippen LogP contribution < -0.4 is 4.74 Å². The molecule has 4 nitrogen and oxygen atoms in total. The lowest BCUT2D eigenvalue weighted by atomic mass is 10.3. The molecule has 0 aliphatic heterocycles. The molecule has 0 spiro atoms. The highest BCUT2D eigenvalue weighted by Crippen LogP contribution is 2.08. The van der Waals surface area contributed by atoms with Gasteiger partial charge in [-0.25, -0.2) is 9.59 Å². The van der Waals surface area contributed by atoms with Crippen molar-refractivity contribution in [3.8, 4) is 5.75 Å². The Labute approximate surface area is 80.4 Å². The van der Waals surface area contributed by atoms with Crippen LogP contribution in [0.4, 0.5) is 0 Å². The Balaban J connectivity index is 2.54. The Hall–Kier alpha value is -2.10. The number of benzene rings is 1. The SMILES string of the molecule is O=C(O)/C=C\C(=O)Oc1ccccc1. The maximum absolute atomic E-state index is 10.9. The molecule has 4 heteroatoms. The van der Waals surface area contributed by atoms with Gasteiger partial charge in [0.25, 0.3) is 0 Å². The number of hydrogen-bond acceptors (Lipinski definition) is 3. The van der Waals surface area contributed by atoms with Crippen molar-refractivity contribution in [1.82, 2.24) is 0 Å². The number of carbonyl (C=O) groups excluding carboxylic acids is 1. The zero-order valence-electron chi connectivity index (χ0n) is 7.21. The molecule has 0 aromatic heterocycles. The van der Waals surface area contributed by atoms with Crippen LogP contribution in [0.1, 0.15) is 0 Å². The number of esters is 1. The molecule has 0 fully saturated rings. The Morgan fingerprint density at radius 3 is 2.36 bits per heavy atom. The highest BCUT2D eigenvalue weighted by molar-refractivity contribution is 5.91. The normalized spacial score (nSPS) is 10.0. The molecule has 0 radical (unpaired) electrons. The number of hydrogen-bond donors (Lipinski definition) is 1. The Bertz CT molecular complexity index is 354. The highest BCUT2D eigenvalue weighted by atomic mass is 16.5. The van der Waals surface area contributed by atoms with E-state index in [1.54, 1.807) is 30.3 Å². The summed E-state index contributed by atoms with van der Waals surface area (Å²) >= 11 is 0. The summed E-state index contributed by atoms with van der Waals surface area (Å²) in [6, 6.07) is 8.41. The summed E-state index contributed by atoms with van der Waals surface area (Å²) in [6.07, 6.45) is 1.58. The van der Waals surface area contributed by atoms with Gasteiger partial charge in [-0.15, -0.1) is 0 Å². The Kier molecular flexibility index (Phi) is 3.43. The maximum Gasteiger partial charge on any atom is 0.336 e. The van der Waals surface area contributed by atoms with Gasteiger partial charge in [-0.05, 0) is 12.1 Å². The van der Waals surface area contributed by atoms with Gasteiger partial charge in [0.15, 0.2) is 0 Å². The topological polar surface area (TPSA) is 63.6 Å². The van der Waals surface area contributed by atoms with Crippen LogP contribution in [0, 0.1) is 0 Å². The third-order valence-electron chi connectivity index (χ3n) is 1.32. The minimum Gasteiger partial charge on any atom is -0.478 e. The number of para-hydroxylation sites is 1. The van der Waals surface area contributed by atoms with Gasteiger partial charge in [0, 0.05) is 12.2 Å². The van der Waals surface area contributed by atoms with Gasteiger partial charge in [-0.2, -0.15) is 0 Å². The molecule has 0 bridgehead atoms. The van der Waals surface area contributed by atoms with Gasteiger partial charge in [0.2, 0.25) is 0 Å². The first-order valence-corrected chi connectivity index (χ1v) is 3.86. The molecule has 14 heavy (non-hydrogen) atoms. The molecule has 0 saturated heterocycles. The molecule has 72 valence electrons. The van der Waals surface area contributed by atoms with Crippen molar-refractivity contribution in [3.05, 3.63) is 42.5 Å². The lowest BCUT2D eigenvalue weighted by molar-refractivity contribution is -0.133. The zero-order valence-corrected chi connectivity index (χ0v) is 7.21. The number of ether oxygens (including phenoxy) is 1. The molecular formula is C10H8O4. The fraction of sp³-hybridized carbons (Fsp3) is 0. The van der Waals surface area contributed by atoms with E-state index < -0.39 is 11.9 Å². The molecule has 1 N–H and O–H groups in total. The molecule has 0 aliphatic rings. The van der Waals surface area contributed by atoms with E-state index in [0.29, 0.717) is 5.75 Å². The van der Waals surface area contributed by atoms with E-state index in [1.807, 2.05) is 0 Å². The van der Waals surface area contributed by atoms with Gasteiger partial charge < -0.3 is 9.84 Å². The minimum atomic E-state index is -1.19. The Morgan fingerprint density at radius 1 is 1.14 bits per heavy atom. The van der Waals surface area contributed by atoms with Gasteiger partial charge >= 0.3 is 11.9 Å². The molecule has 0 atom stereocenters. The zero-order chi connectivity index (χ0) is 10.4. The standard InChI is InChI=1S/C10H8O4/c11-9(12)6-7-10(13)14-8-4-2-1-3-5-8/h1-7H,(H,11,12)/b7-6-. The van der Waals surface area contributed by atoms with E-state index in [1.165, 1.54) is 0 Å². The summed E-state index contributed by atoms with van der Waals surface area (Å²) in [6.45, 7) is 0. The van der Waals surface area contributed by atoms with Crippen molar-refractivity contribution in [2.75, 3.05) is 0 Å². The van der Waals surface area contributed by atoms with Gasteiger partial charge in [-0.1, -0.05) is 18.2 Å². The molecule has 1 aromatic rings. The number of carbonyl (C=O) groups is 2. The first-order valence-electron chi connectivity index (χ1n) is 3.86. The van der Waals surface area contributed by atoms with E-state index in [4.69, 9.17) is 9.84 Å². The smallest absolute Gasteiger partial charge is 0.336 e. The van der Waals surface area contributed by atoms with Crippen molar-refractivity contribution < 1.29 is 19.4 Å². The van der Waals surface area contributed by atoms with E-state index in [2.05, 4.69) is 0 Å². The fourth-order valence-electron chi connectivity index (χ4n) is 0.778. The van der Waals surface area contributed by atoms with E-state index >= 15 is 0 Å². The highest BCUT2D eigenvalue weighted by Gasteiger charge is 1.99. The first-order chi connectivity index (χ1) is 6.68. The third-order valence-corrected chi connectivity index (χ3v) is 1.32. The number of carboxylic acids is 1. The summed E-state index contributed by atoms with van der Waals surface area (Å²) < 4.78 is 4.78. The molecule has 0 aliphatic carbocycles.